The van der Waals surface area contributed by atoms with Crippen molar-refractivity contribution in [2.45, 2.75) is 61.3 Å². The van der Waals surface area contributed by atoms with E-state index in [0.29, 0.717) is 0 Å². The fourth-order valence-electron chi connectivity index (χ4n) is 0.289. The molecule has 3 heteroatoms. The summed E-state index contributed by atoms with van der Waals surface area (Å²) in [5.41, 5.74) is 4.50. The van der Waals surface area contributed by atoms with Crippen LogP contribution >= 0.6 is 12.6 Å². The van der Waals surface area contributed by atoms with Crippen molar-refractivity contribution in [1.82, 2.24) is 6.15 Å². The quantitative estimate of drug-likeness (QED) is 0.610. The molecule has 5 N–H and O–H groups in total. The van der Waals surface area contributed by atoms with E-state index in [1.807, 2.05) is 27.7 Å². The van der Waals surface area contributed by atoms with Crippen LogP contribution in [-0.2, 0) is 0 Å². The largest absolute Gasteiger partial charge is 0.344 e. The molecular formula is C12H38N2S. The molecule has 0 radical (unpaired) electrons. The van der Waals surface area contributed by atoms with E-state index < -0.39 is 0 Å². The lowest BCUT2D eigenvalue weighted by atomic mass is 10.1. The minimum absolute atomic E-state index is 0. The smallest absolute Gasteiger partial charge is 0.0195 e. The van der Waals surface area contributed by atoms with Crippen molar-refractivity contribution >= 4 is 12.6 Å². The molecule has 0 amide bonds. The Kier molecular flexibility index (Phi) is 218. The van der Waals surface area contributed by atoms with Gasteiger partial charge in [0.15, 0.2) is 0 Å². The Morgan fingerprint density at radius 1 is 0.867 bits per heavy atom. The van der Waals surface area contributed by atoms with Gasteiger partial charge in [-0.1, -0.05) is 61.3 Å². The molecule has 0 bridgehead atoms. The average molecular weight is 243 g/mol. The van der Waals surface area contributed by atoms with Gasteiger partial charge in [0.25, 0.3) is 0 Å². The number of thiol groups is 1. The Morgan fingerprint density at radius 3 is 1.00 bits per heavy atom. The standard InChI is InChI=1S/C6H14.2C2H6.CH5N.CH4S.H3N/c1-4-6(3)5-2;4*1-2;/h6H,4-5H2,1-3H3;2*1-2H3;2H2,1H3;2H,1H3;1H3. The lowest BCUT2D eigenvalue weighted by Crippen LogP contribution is -1.85. The van der Waals surface area contributed by atoms with Crippen molar-refractivity contribution in [2.75, 3.05) is 13.3 Å². The molecule has 15 heavy (non-hydrogen) atoms. The first kappa shape index (κ1) is 36.2. The summed E-state index contributed by atoms with van der Waals surface area (Å²) in [6.07, 6.45) is 4.35. The topological polar surface area (TPSA) is 61.0 Å². The van der Waals surface area contributed by atoms with E-state index in [4.69, 9.17) is 0 Å². The Hall–Kier alpha value is 0.270. The highest BCUT2D eigenvalue weighted by atomic mass is 32.1. The molecule has 0 unspecified atom stereocenters. The molecule has 0 aromatic heterocycles. The highest BCUT2D eigenvalue weighted by molar-refractivity contribution is 7.79. The molecule has 0 aliphatic rings. The van der Waals surface area contributed by atoms with Gasteiger partial charge in [0.2, 0.25) is 0 Å². The molecule has 0 spiro atoms. The third-order valence-electron chi connectivity index (χ3n) is 1.39. The van der Waals surface area contributed by atoms with Crippen LogP contribution in [0.3, 0.4) is 0 Å². The molecular weight excluding hydrogens is 204 g/mol. The molecule has 0 rings (SSSR count). The number of hydrogen-bond donors (Lipinski definition) is 3. The van der Waals surface area contributed by atoms with Crippen molar-refractivity contribution in [3.05, 3.63) is 0 Å². The van der Waals surface area contributed by atoms with Crippen LogP contribution < -0.4 is 11.9 Å². The zero-order chi connectivity index (χ0) is 13.0. The lowest BCUT2D eigenvalue weighted by molar-refractivity contribution is 0.544. The third-order valence-corrected chi connectivity index (χ3v) is 1.39. The van der Waals surface area contributed by atoms with Crippen molar-refractivity contribution < 1.29 is 0 Å². The maximum Gasteiger partial charge on any atom is -0.0195 e. The Bertz CT molecular complexity index is 32.8. The second-order valence-electron chi connectivity index (χ2n) is 1.92. The molecule has 0 aromatic carbocycles. The van der Waals surface area contributed by atoms with Gasteiger partial charge in [-0.25, -0.2) is 0 Å². The van der Waals surface area contributed by atoms with Gasteiger partial charge in [-0.3, -0.25) is 0 Å². The normalized spacial score (nSPS) is 5.60. The molecule has 0 fully saturated rings. The number of rotatable bonds is 2. The van der Waals surface area contributed by atoms with Crippen LogP contribution in [0.15, 0.2) is 0 Å². The molecule has 0 atom stereocenters. The maximum absolute atomic E-state index is 4.50. The van der Waals surface area contributed by atoms with Crippen molar-refractivity contribution in [2.24, 2.45) is 11.7 Å². The highest BCUT2D eigenvalue weighted by Gasteiger charge is 1.88. The van der Waals surface area contributed by atoms with E-state index in [1.165, 1.54) is 19.9 Å². The zero-order valence-corrected chi connectivity index (χ0v) is 13.6. The van der Waals surface area contributed by atoms with Gasteiger partial charge in [0, 0.05) is 0 Å². The van der Waals surface area contributed by atoms with Crippen LogP contribution in [-0.4, -0.2) is 13.3 Å². The van der Waals surface area contributed by atoms with Crippen LogP contribution in [0, 0.1) is 5.92 Å². The first-order valence-corrected chi connectivity index (χ1v) is 6.73. The summed E-state index contributed by atoms with van der Waals surface area (Å²) in [6, 6.07) is 0. The van der Waals surface area contributed by atoms with E-state index in [2.05, 4.69) is 39.1 Å². The monoisotopic (exact) mass is 242 g/mol. The van der Waals surface area contributed by atoms with Crippen molar-refractivity contribution in [3.63, 3.8) is 0 Å². The van der Waals surface area contributed by atoms with Gasteiger partial charge in [0.1, 0.15) is 0 Å². The summed E-state index contributed by atoms with van der Waals surface area (Å²) in [5.74, 6) is 0.935. The van der Waals surface area contributed by atoms with Gasteiger partial charge in [-0.05, 0) is 19.2 Å². The predicted octanol–water partition coefficient (Wildman–Crippen LogP) is 4.78. The predicted molar refractivity (Wildman–Crippen MR) is 82.5 cm³/mol. The van der Waals surface area contributed by atoms with Crippen molar-refractivity contribution in [3.8, 4) is 0 Å². The molecule has 0 aromatic rings. The van der Waals surface area contributed by atoms with Crippen LogP contribution in [0.4, 0.5) is 0 Å². The second kappa shape index (κ2) is 90.5. The lowest BCUT2D eigenvalue weighted by Gasteiger charge is -1.98. The minimum Gasteiger partial charge on any atom is -0.344 e. The summed E-state index contributed by atoms with van der Waals surface area (Å²) in [4.78, 5) is 0. The van der Waals surface area contributed by atoms with Crippen LogP contribution in [0.2, 0.25) is 0 Å². The summed E-state index contributed by atoms with van der Waals surface area (Å²) >= 11 is 3.53. The van der Waals surface area contributed by atoms with Gasteiger partial charge in [-0.2, -0.15) is 12.6 Å². The summed E-state index contributed by atoms with van der Waals surface area (Å²) in [5, 5.41) is 0. The van der Waals surface area contributed by atoms with Crippen LogP contribution in [0.5, 0.6) is 0 Å². The second-order valence-corrected chi connectivity index (χ2v) is 1.92. The molecule has 2 nitrogen and oxygen atoms in total. The Balaban J connectivity index is -0.0000000194. The first-order valence-electron chi connectivity index (χ1n) is 5.83. The minimum atomic E-state index is 0. The van der Waals surface area contributed by atoms with Crippen LogP contribution in [0.1, 0.15) is 61.3 Å². The summed E-state index contributed by atoms with van der Waals surface area (Å²) in [7, 11) is 1.50. The van der Waals surface area contributed by atoms with Gasteiger partial charge in [-0.15, -0.1) is 0 Å². The van der Waals surface area contributed by atoms with E-state index in [1.54, 1.807) is 6.26 Å². The number of hydrogen-bond acceptors (Lipinski definition) is 3. The van der Waals surface area contributed by atoms with E-state index in [9.17, 15) is 0 Å². The average Bonchev–Trinajstić information content (AvgIpc) is 2.38. The van der Waals surface area contributed by atoms with Gasteiger partial charge in [0.05, 0.1) is 0 Å². The van der Waals surface area contributed by atoms with Gasteiger partial charge >= 0.3 is 0 Å². The van der Waals surface area contributed by atoms with Gasteiger partial charge < -0.3 is 11.9 Å². The molecule has 0 heterocycles. The van der Waals surface area contributed by atoms with E-state index in [0.717, 1.165) is 5.92 Å². The fraction of sp³-hybridized carbons (Fsp3) is 1.00. The molecule has 0 aliphatic carbocycles. The molecule has 0 saturated heterocycles. The van der Waals surface area contributed by atoms with E-state index >= 15 is 0 Å². The zero-order valence-electron chi connectivity index (χ0n) is 12.7. The number of nitrogens with two attached hydrogens (primary N) is 1. The third kappa shape index (κ3) is 118. The highest BCUT2D eigenvalue weighted by Crippen LogP contribution is 2.02. The Labute approximate surface area is 105 Å². The first-order chi connectivity index (χ1) is 6.81. The summed E-state index contributed by atoms with van der Waals surface area (Å²) < 4.78 is 0. The van der Waals surface area contributed by atoms with Crippen LogP contribution in [0.25, 0.3) is 0 Å². The molecule has 0 saturated carbocycles. The maximum atomic E-state index is 4.50. The SMILES string of the molecule is CC.CC.CCC(C)CC.CN.CS.N. The van der Waals surface area contributed by atoms with E-state index in [-0.39, 0.29) is 6.15 Å². The molecule has 0 aliphatic heterocycles. The summed E-state index contributed by atoms with van der Waals surface area (Å²) in [6.45, 7) is 14.7. The molecule has 102 valence electrons. The fourth-order valence-corrected chi connectivity index (χ4v) is 0.289. The Morgan fingerprint density at radius 2 is 1.00 bits per heavy atom. The van der Waals surface area contributed by atoms with Crippen molar-refractivity contribution in [1.29, 1.82) is 0 Å².